The van der Waals surface area contributed by atoms with Crippen molar-refractivity contribution >= 4 is 22.8 Å². The van der Waals surface area contributed by atoms with Crippen LogP contribution in [0.1, 0.15) is 31.4 Å². The zero-order chi connectivity index (χ0) is 17.2. The van der Waals surface area contributed by atoms with Gasteiger partial charge in [0.25, 0.3) is 0 Å². The fourth-order valence-corrected chi connectivity index (χ4v) is 3.25. The molecule has 3 aromatic heterocycles. The minimum Gasteiger partial charge on any atom is -0.446 e. The van der Waals surface area contributed by atoms with Crippen LogP contribution >= 0.6 is 0 Å². The van der Waals surface area contributed by atoms with Crippen LogP contribution in [0.4, 0.5) is 10.6 Å². The van der Waals surface area contributed by atoms with Crippen molar-refractivity contribution < 1.29 is 9.53 Å². The van der Waals surface area contributed by atoms with Crippen LogP contribution in [0, 0.1) is 6.92 Å². The highest BCUT2D eigenvalue weighted by atomic mass is 16.6. The number of ether oxygens (including phenoxy) is 1. The molecule has 0 atom stereocenters. The van der Waals surface area contributed by atoms with Crippen molar-refractivity contribution in [2.45, 2.75) is 38.7 Å². The Labute approximate surface area is 145 Å². The van der Waals surface area contributed by atoms with E-state index in [9.17, 15) is 4.79 Å². The number of aromatic nitrogens is 3. The third-order valence-electron chi connectivity index (χ3n) is 4.52. The van der Waals surface area contributed by atoms with E-state index in [4.69, 9.17) is 4.74 Å². The molecule has 1 amide bonds. The van der Waals surface area contributed by atoms with Crippen molar-refractivity contribution in [3.05, 3.63) is 42.4 Å². The number of aromatic amines is 1. The van der Waals surface area contributed by atoms with Gasteiger partial charge in [-0.15, -0.1) is 0 Å². The van der Waals surface area contributed by atoms with E-state index in [0.717, 1.165) is 53.5 Å². The number of nitrogens with zero attached hydrogens (tertiary/aromatic N) is 2. The van der Waals surface area contributed by atoms with E-state index >= 15 is 0 Å². The number of carbonyl (C=O) groups excluding carboxylic acids is 1. The van der Waals surface area contributed by atoms with Crippen LogP contribution in [0.5, 0.6) is 0 Å². The highest BCUT2D eigenvalue weighted by Gasteiger charge is 2.19. The van der Waals surface area contributed by atoms with Crippen molar-refractivity contribution in [2.24, 2.45) is 0 Å². The molecule has 1 saturated carbocycles. The molecule has 0 radical (unpaired) electrons. The van der Waals surface area contributed by atoms with Gasteiger partial charge in [0.05, 0.1) is 5.52 Å². The van der Waals surface area contributed by atoms with Crippen molar-refractivity contribution in [2.75, 3.05) is 5.32 Å². The number of fused-ring (bicyclic) bond motifs is 1. The molecule has 128 valence electrons. The number of nitrogens with one attached hydrogen (secondary N) is 2. The average molecular weight is 336 g/mol. The van der Waals surface area contributed by atoms with Crippen LogP contribution in [-0.4, -0.2) is 27.1 Å². The molecule has 1 fully saturated rings. The first-order chi connectivity index (χ1) is 12.2. The van der Waals surface area contributed by atoms with Gasteiger partial charge in [-0.1, -0.05) is 0 Å². The van der Waals surface area contributed by atoms with Crippen molar-refractivity contribution in [1.29, 1.82) is 0 Å². The maximum Gasteiger partial charge on any atom is 0.413 e. The number of aryl methyl sites for hydroxylation is 1. The van der Waals surface area contributed by atoms with E-state index in [-0.39, 0.29) is 6.10 Å². The summed E-state index contributed by atoms with van der Waals surface area (Å²) in [4.78, 5) is 23.9. The molecule has 2 N–H and O–H groups in total. The summed E-state index contributed by atoms with van der Waals surface area (Å²) in [6.45, 7) is 1.96. The Hall–Kier alpha value is -2.89. The zero-order valence-electron chi connectivity index (χ0n) is 14.1. The lowest BCUT2D eigenvalue weighted by atomic mass is 10.2. The van der Waals surface area contributed by atoms with E-state index in [1.165, 1.54) is 0 Å². The Balaban J connectivity index is 1.52. The topological polar surface area (TPSA) is 79.9 Å². The summed E-state index contributed by atoms with van der Waals surface area (Å²) in [5.74, 6) is 0.481. The highest BCUT2D eigenvalue weighted by Crippen LogP contribution is 2.25. The Kier molecular flexibility index (Phi) is 4.09. The molecule has 1 aliphatic rings. The molecule has 0 saturated heterocycles. The van der Waals surface area contributed by atoms with Crippen LogP contribution in [0.3, 0.4) is 0 Å². The first kappa shape index (κ1) is 15.6. The standard InChI is InChI=1S/C19H20N4O2/c1-12-8-13(6-7-20-12)16-9-14-11-21-18(10-17(14)22-16)23-19(24)25-15-4-2-3-5-15/h6-11,15,22H,2-5H2,1H3,(H,21,23,24). The quantitative estimate of drug-likeness (QED) is 0.742. The number of carbonyl (C=O) groups is 1. The minimum atomic E-state index is -0.435. The van der Waals surface area contributed by atoms with Gasteiger partial charge in [0.15, 0.2) is 0 Å². The molecule has 6 heteroatoms. The summed E-state index contributed by atoms with van der Waals surface area (Å²) in [7, 11) is 0. The van der Waals surface area contributed by atoms with E-state index in [1.54, 1.807) is 12.4 Å². The molecule has 25 heavy (non-hydrogen) atoms. The number of H-pyrrole nitrogens is 1. The number of rotatable bonds is 3. The average Bonchev–Trinajstić information content (AvgIpc) is 3.23. The molecule has 1 aliphatic carbocycles. The summed E-state index contributed by atoms with van der Waals surface area (Å²) in [6, 6.07) is 7.85. The van der Waals surface area contributed by atoms with Gasteiger partial charge in [0.1, 0.15) is 11.9 Å². The Morgan fingerprint density at radius 3 is 2.88 bits per heavy atom. The second-order valence-corrected chi connectivity index (χ2v) is 6.46. The largest absolute Gasteiger partial charge is 0.446 e. The van der Waals surface area contributed by atoms with Crippen LogP contribution in [-0.2, 0) is 4.74 Å². The molecule has 0 bridgehead atoms. The van der Waals surface area contributed by atoms with Gasteiger partial charge in [0.2, 0.25) is 0 Å². The third kappa shape index (κ3) is 3.47. The summed E-state index contributed by atoms with van der Waals surface area (Å²) in [5.41, 5.74) is 3.94. The molecule has 6 nitrogen and oxygen atoms in total. The zero-order valence-corrected chi connectivity index (χ0v) is 14.1. The molecule has 3 heterocycles. The minimum absolute atomic E-state index is 0.0377. The lowest BCUT2D eigenvalue weighted by Gasteiger charge is -2.11. The molecule has 0 aromatic carbocycles. The summed E-state index contributed by atoms with van der Waals surface area (Å²) in [5, 5.41) is 3.70. The maximum absolute atomic E-state index is 12.0. The van der Waals surface area contributed by atoms with Gasteiger partial charge in [-0.25, -0.2) is 9.78 Å². The van der Waals surface area contributed by atoms with Gasteiger partial charge in [-0.2, -0.15) is 0 Å². The van der Waals surface area contributed by atoms with E-state index in [2.05, 4.69) is 20.3 Å². The normalized spacial score (nSPS) is 14.8. The molecular weight excluding hydrogens is 316 g/mol. The van der Waals surface area contributed by atoms with E-state index in [0.29, 0.717) is 5.82 Å². The Morgan fingerprint density at radius 1 is 1.24 bits per heavy atom. The van der Waals surface area contributed by atoms with Gasteiger partial charge >= 0.3 is 6.09 Å². The number of amides is 1. The second-order valence-electron chi connectivity index (χ2n) is 6.46. The number of pyridine rings is 2. The van der Waals surface area contributed by atoms with Crippen LogP contribution in [0.15, 0.2) is 36.7 Å². The lowest BCUT2D eigenvalue weighted by Crippen LogP contribution is -2.20. The van der Waals surface area contributed by atoms with Crippen LogP contribution < -0.4 is 5.32 Å². The van der Waals surface area contributed by atoms with Gasteiger partial charge in [-0.3, -0.25) is 10.3 Å². The first-order valence-corrected chi connectivity index (χ1v) is 8.57. The predicted molar refractivity (Wildman–Crippen MR) is 96.4 cm³/mol. The van der Waals surface area contributed by atoms with E-state index < -0.39 is 6.09 Å². The van der Waals surface area contributed by atoms with Gasteiger partial charge in [-0.05, 0) is 50.8 Å². The number of anilines is 1. The second kappa shape index (κ2) is 6.55. The third-order valence-corrected chi connectivity index (χ3v) is 4.52. The summed E-state index contributed by atoms with van der Waals surface area (Å²) in [6.07, 6.45) is 7.29. The molecular formula is C19H20N4O2. The Bertz CT molecular complexity index is 913. The predicted octanol–water partition coefficient (Wildman–Crippen LogP) is 4.42. The monoisotopic (exact) mass is 336 g/mol. The fraction of sp³-hybridized carbons (Fsp3) is 0.316. The number of hydrogen-bond acceptors (Lipinski definition) is 4. The Morgan fingerprint density at radius 2 is 2.08 bits per heavy atom. The van der Waals surface area contributed by atoms with Crippen molar-refractivity contribution in [3.63, 3.8) is 0 Å². The molecule has 0 aliphatic heterocycles. The molecule has 3 aromatic rings. The summed E-state index contributed by atoms with van der Waals surface area (Å²) < 4.78 is 5.41. The highest BCUT2D eigenvalue weighted by molar-refractivity contribution is 5.90. The molecule has 4 rings (SSSR count). The maximum atomic E-state index is 12.0. The van der Waals surface area contributed by atoms with Crippen LogP contribution in [0.2, 0.25) is 0 Å². The van der Waals surface area contributed by atoms with E-state index in [1.807, 2.05) is 31.2 Å². The SMILES string of the molecule is Cc1cc(-c2cc3cnc(NC(=O)OC4CCCC4)cc3[nH]2)ccn1. The molecule has 0 unspecified atom stereocenters. The van der Waals surface area contributed by atoms with Gasteiger partial charge in [0, 0.05) is 40.8 Å². The molecule has 0 spiro atoms. The fourth-order valence-electron chi connectivity index (χ4n) is 3.25. The first-order valence-electron chi connectivity index (χ1n) is 8.57. The summed E-state index contributed by atoms with van der Waals surface area (Å²) >= 11 is 0. The smallest absolute Gasteiger partial charge is 0.413 e. The lowest BCUT2D eigenvalue weighted by molar-refractivity contribution is 0.114. The van der Waals surface area contributed by atoms with Crippen molar-refractivity contribution in [3.8, 4) is 11.3 Å². The number of hydrogen-bond donors (Lipinski definition) is 2. The van der Waals surface area contributed by atoms with Gasteiger partial charge < -0.3 is 9.72 Å². The van der Waals surface area contributed by atoms with Crippen molar-refractivity contribution in [1.82, 2.24) is 15.0 Å². The van der Waals surface area contributed by atoms with Crippen LogP contribution in [0.25, 0.3) is 22.2 Å².